The van der Waals surface area contributed by atoms with Gasteiger partial charge in [-0.05, 0) is 11.6 Å². The minimum atomic E-state index is 0.906. The van der Waals surface area contributed by atoms with Crippen molar-refractivity contribution >= 4 is 11.5 Å². The Kier molecular flexibility index (Phi) is 2.71. The van der Waals surface area contributed by atoms with Gasteiger partial charge in [-0.2, -0.15) is 0 Å². The third kappa shape index (κ3) is 1.99. The molecule has 0 aliphatic carbocycles. The average molecular weight is 226 g/mol. The molecule has 1 aromatic heterocycles. The Bertz CT molecular complexity index is 498. The summed E-state index contributed by atoms with van der Waals surface area (Å²) in [6.07, 6.45) is 5.24. The Hall–Kier alpha value is -1.94. The zero-order valence-corrected chi connectivity index (χ0v) is 9.50. The molecular weight excluding hydrogens is 212 g/mol. The van der Waals surface area contributed by atoms with Crippen LogP contribution in [0.2, 0.25) is 0 Å². The molecule has 17 heavy (non-hydrogen) atoms. The molecule has 1 aromatic carbocycles. The van der Waals surface area contributed by atoms with E-state index in [1.54, 1.807) is 12.4 Å². The molecule has 2 heterocycles. The summed E-state index contributed by atoms with van der Waals surface area (Å²) in [6.45, 7) is 2.77. The summed E-state index contributed by atoms with van der Waals surface area (Å²) in [4.78, 5) is 10.7. The number of anilines is 2. The summed E-state index contributed by atoms with van der Waals surface area (Å²) in [5.41, 5.74) is 2.52. The van der Waals surface area contributed by atoms with Gasteiger partial charge < -0.3 is 10.2 Å². The SMILES string of the molecule is c1ccc2c(c1)CNCCN2c1cnccn1. The first-order valence-electron chi connectivity index (χ1n) is 5.77. The topological polar surface area (TPSA) is 41.0 Å². The van der Waals surface area contributed by atoms with Gasteiger partial charge in [0.15, 0.2) is 5.82 Å². The smallest absolute Gasteiger partial charge is 0.151 e. The van der Waals surface area contributed by atoms with Crippen LogP contribution in [-0.2, 0) is 6.54 Å². The number of rotatable bonds is 1. The molecule has 1 aliphatic rings. The second-order valence-corrected chi connectivity index (χ2v) is 4.02. The van der Waals surface area contributed by atoms with Crippen molar-refractivity contribution in [2.24, 2.45) is 0 Å². The Morgan fingerprint density at radius 1 is 1.18 bits per heavy atom. The molecule has 3 rings (SSSR count). The molecule has 1 N–H and O–H groups in total. The highest BCUT2D eigenvalue weighted by Gasteiger charge is 2.16. The number of nitrogens with one attached hydrogen (secondary N) is 1. The highest BCUT2D eigenvalue weighted by molar-refractivity contribution is 5.63. The average Bonchev–Trinajstić information content (AvgIpc) is 2.62. The maximum Gasteiger partial charge on any atom is 0.151 e. The predicted molar refractivity (Wildman–Crippen MR) is 67.2 cm³/mol. The predicted octanol–water partition coefficient (Wildman–Crippen LogP) is 1.72. The van der Waals surface area contributed by atoms with Crippen LogP contribution in [-0.4, -0.2) is 23.1 Å². The number of hydrogen-bond acceptors (Lipinski definition) is 4. The van der Waals surface area contributed by atoms with Crippen LogP contribution in [0.1, 0.15) is 5.56 Å². The van der Waals surface area contributed by atoms with E-state index in [0.717, 1.165) is 25.5 Å². The molecule has 0 fully saturated rings. The van der Waals surface area contributed by atoms with E-state index < -0.39 is 0 Å². The summed E-state index contributed by atoms with van der Waals surface area (Å²) in [5, 5.41) is 3.41. The van der Waals surface area contributed by atoms with E-state index in [9.17, 15) is 0 Å². The van der Waals surface area contributed by atoms with Crippen LogP contribution in [0.3, 0.4) is 0 Å². The Morgan fingerprint density at radius 3 is 3.00 bits per heavy atom. The summed E-state index contributed by atoms with van der Waals surface area (Å²) in [5.74, 6) is 0.906. The van der Waals surface area contributed by atoms with Crippen LogP contribution in [0.15, 0.2) is 42.9 Å². The lowest BCUT2D eigenvalue weighted by atomic mass is 10.1. The minimum absolute atomic E-state index is 0.906. The molecule has 0 atom stereocenters. The van der Waals surface area contributed by atoms with E-state index in [0.29, 0.717) is 0 Å². The van der Waals surface area contributed by atoms with Crippen LogP contribution in [0.25, 0.3) is 0 Å². The summed E-state index contributed by atoms with van der Waals surface area (Å²) in [7, 11) is 0. The minimum Gasteiger partial charge on any atom is -0.324 e. The summed E-state index contributed by atoms with van der Waals surface area (Å²) < 4.78 is 0. The van der Waals surface area contributed by atoms with Crippen LogP contribution in [0.5, 0.6) is 0 Å². The maximum atomic E-state index is 4.38. The van der Waals surface area contributed by atoms with Gasteiger partial charge in [-0.15, -0.1) is 0 Å². The molecule has 0 saturated carbocycles. The quantitative estimate of drug-likeness (QED) is 0.804. The van der Waals surface area contributed by atoms with Gasteiger partial charge in [-0.25, -0.2) is 4.98 Å². The number of benzene rings is 1. The van der Waals surface area contributed by atoms with Crippen molar-refractivity contribution in [1.82, 2.24) is 15.3 Å². The van der Waals surface area contributed by atoms with Crippen LogP contribution in [0.4, 0.5) is 11.5 Å². The van der Waals surface area contributed by atoms with Gasteiger partial charge in [-0.3, -0.25) is 4.98 Å². The van der Waals surface area contributed by atoms with Gasteiger partial charge in [-0.1, -0.05) is 18.2 Å². The van der Waals surface area contributed by atoms with E-state index in [2.05, 4.69) is 44.5 Å². The number of nitrogens with zero attached hydrogens (tertiary/aromatic N) is 3. The molecule has 2 aromatic rings. The molecular formula is C13H14N4. The van der Waals surface area contributed by atoms with E-state index in [4.69, 9.17) is 0 Å². The summed E-state index contributed by atoms with van der Waals surface area (Å²) >= 11 is 0. The first-order chi connectivity index (χ1) is 8.45. The molecule has 0 radical (unpaired) electrons. The highest BCUT2D eigenvalue weighted by atomic mass is 15.2. The number of aromatic nitrogens is 2. The van der Waals surface area contributed by atoms with Gasteiger partial charge in [0.1, 0.15) is 0 Å². The second-order valence-electron chi connectivity index (χ2n) is 4.02. The normalized spacial score (nSPS) is 15.2. The fraction of sp³-hybridized carbons (Fsp3) is 0.231. The van der Waals surface area contributed by atoms with Crippen molar-refractivity contribution < 1.29 is 0 Å². The molecule has 4 nitrogen and oxygen atoms in total. The zero-order chi connectivity index (χ0) is 11.5. The van der Waals surface area contributed by atoms with Gasteiger partial charge in [0.05, 0.1) is 6.20 Å². The van der Waals surface area contributed by atoms with E-state index >= 15 is 0 Å². The van der Waals surface area contributed by atoms with Crippen molar-refractivity contribution in [2.45, 2.75) is 6.54 Å². The van der Waals surface area contributed by atoms with Gasteiger partial charge in [0.2, 0.25) is 0 Å². The molecule has 86 valence electrons. The zero-order valence-electron chi connectivity index (χ0n) is 9.50. The Morgan fingerprint density at radius 2 is 2.12 bits per heavy atom. The number of fused-ring (bicyclic) bond motifs is 1. The largest absolute Gasteiger partial charge is 0.324 e. The third-order valence-corrected chi connectivity index (χ3v) is 2.94. The standard InChI is InChI=1S/C13H14N4/c1-2-4-12-11(3-1)9-15-7-8-17(12)13-10-14-5-6-16-13/h1-6,10,15H,7-9H2. The molecule has 0 saturated heterocycles. The highest BCUT2D eigenvalue weighted by Crippen LogP contribution is 2.27. The molecule has 1 aliphatic heterocycles. The van der Waals surface area contributed by atoms with Crippen LogP contribution in [0, 0.1) is 0 Å². The van der Waals surface area contributed by atoms with Crippen molar-refractivity contribution in [2.75, 3.05) is 18.0 Å². The second kappa shape index (κ2) is 4.51. The lowest BCUT2D eigenvalue weighted by Crippen LogP contribution is -2.25. The Balaban J connectivity index is 2.06. The number of para-hydroxylation sites is 1. The fourth-order valence-corrected chi connectivity index (χ4v) is 2.13. The van der Waals surface area contributed by atoms with Crippen LogP contribution < -0.4 is 10.2 Å². The lowest BCUT2D eigenvalue weighted by molar-refractivity contribution is 0.710. The first-order valence-corrected chi connectivity index (χ1v) is 5.77. The molecule has 4 heteroatoms. The van der Waals surface area contributed by atoms with Crippen molar-refractivity contribution in [3.05, 3.63) is 48.4 Å². The van der Waals surface area contributed by atoms with E-state index in [-0.39, 0.29) is 0 Å². The lowest BCUT2D eigenvalue weighted by Gasteiger charge is -2.22. The molecule has 0 amide bonds. The van der Waals surface area contributed by atoms with Crippen molar-refractivity contribution in [1.29, 1.82) is 0 Å². The molecule has 0 unspecified atom stereocenters. The third-order valence-electron chi connectivity index (χ3n) is 2.94. The maximum absolute atomic E-state index is 4.38. The first kappa shape index (κ1) is 10.2. The fourth-order valence-electron chi connectivity index (χ4n) is 2.13. The number of hydrogen-bond donors (Lipinski definition) is 1. The summed E-state index contributed by atoms with van der Waals surface area (Å²) in [6, 6.07) is 8.42. The van der Waals surface area contributed by atoms with Crippen molar-refractivity contribution in [3.63, 3.8) is 0 Å². The van der Waals surface area contributed by atoms with Gasteiger partial charge in [0.25, 0.3) is 0 Å². The van der Waals surface area contributed by atoms with Gasteiger partial charge in [0, 0.05) is 37.7 Å². The molecule has 0 spiro atoms. The van der Waals surface area contributed by atoms with Crippen molar-refractivity contribution in [3.8, 4) is 0 Å². The van der Waals surface area contributed by atoms with Crippen LogP contribution >= 0.6 is 0 Å². The molecule has 0 bridgehead atoms. The Labute approximate surface area is 100 Å². The van der Waals surface area contributed by atoms with E-state index in [1.807, 2.05) is 6.20 Å². The van der Waals surface area contributed by atoms with E-state index in [1.165, 1.54) is 11.3 Å². The monoisotopic (exact) mass is 226 g/mol. The van der Waals surface area contributed by atoms with Gasteiger partial charge >= 0.3 is 0 Å².